The summed E-state index contributed by atoms with van der Waals surface area (Å²) in [5, 5.41) is 0. The Hall–Kier alpha value is -1.31. The van der Waals surface area contributed by atoms with Crippen LogP contribution in [0.25, 0.3) is 0 Å². The second kappa shape index (κ2) is 7.11. The van der Waals surface area contributed by atoms with Crippen LogP contribution < -0.4 is 10.6 Å². The van der Waals surface area contributed by atoms with E-state index in [0.717, 1.165) is 12.2 Å². The first kappa shape index (κ1) is 17.7. The minimum absolute atomic E-state index is 0.151. The molecular formula is C14H25N3O3S. The molecule has 120 valence electrons. The zero-order chi connectivity index (χ0) is 16.2. The average molecular weight is 315 g/mol. The molecule has 1 unspecified atom stereocenters. The van der Waals surface area contributed by atoms with Gasteiger partial charge in [0.2, 0.25) is 10.0 Å². The summed E-state index contributed by atoms with van der Waals surface area (Å²) in [6.07, 6.45) is 0. The molecule has 0 heterocycles. The third-order valence-corrected chi connectivity index (χ3v) is 5.18. The van der Waals surface area contributed by atoms with Gasteiger partial charge in [0.15, 0.2) is 0 Å². The number of methoxy groups -OCH3 is 1. The summed E-state index contributed by atoms with van der Waals surface area (Å²) < 4.78 is 30.6. The number of rotatable bonds is 7. The van der Waals surface area contributed by atoms with Crippen LogP contribution in [0.4, 0.5) is 11.4 Å². The molecule has 1 rings (SSSR count). The van der Waals surface area contributed by atoms with E-state index in [1.54, 1.807) is 19.2 Å². The SMILES string of the molecule is CCN(c1ccc(S(=O)(=O)N(C)C)cc1N)C(C)COC. The topological polar surface area (TPSA) is 75.9 Å². The van der Waals surface area contributed by atoms with Crippen molar-refractivity contribution in [3.05, 3.63) is 18.2 Å². The van der Waals surface area contributed by atoms with Crippen molar-refractivity contribution in [3.63, 3.8) is 0 Å². The molecule has 0 aliphatic heterocycles. The largest absolute Gasteiger partial charge is 0.397 e. The van der Waals surface area contributed by atoms with Crippen LogP contribution >= 0.6 is 0 Å². The van der Waals surface area contributed by atoms with Crippen LogP contribution in [-0.2, 0) is 14.8 Å². The van der Waals surface area contributed by atoms with Gasteiger partial charge in [-0.3, -0.25) is 0 Å². The molecule has 1 atom stereocenters. The average Bonchev–Trinajstić information content (AvgIpc) is 2.41. The quantitative estimate of drug-likeness (QED) is 0.769. The van der Waals surface area contributed by atoms with E-state index >= 15 is 0 Å². The maximum atomic E-state index is 12.1. The highest BCUT2D eigenvalue weighted by molar-refractivity contribution is 7.89. The van der Waals surface area contributed by atoms with Gasteiger partial charge in [0.05, 0.1) is 22.9 Å². The number of ether oxygens (including phenoxy) is 1. The molecule has 0 radical (unpaired) electrons. The number of sulfonamides is 1. The Morgan fingerprint density at radius 2 is 1.95 bits per heavy atom. The first-order chi connectivity index (χ1) is 9.75. The first-order valence-corrected chi connectivity index (χ1v) is 8.27. The minimum atomic E-state index is -3.47. The van der Waals surface area contributed by atoms with Crippen LogP contribution in [0.15, 0.2) is 23.1 Å². The standard InChI is InChI=1S/C14H25N3O3S/c1-6-17(11(2)10-20-5)14-8-7-12(9-13(14)15)21(18,19)16(3)4/h7-9,11H,6,10,15H2,1-5H3. The van der Waals surface area contributed by atoms with Crippen LogP contribution in [0, 0.1) is 0 Å². The monoisotopic (exact) mass is 315 g/mol. The number of likely N-dealkylation sites (N-methyl/N-ethyl adjacent to an activating group) is 1. The Bertz CT molecular complexity index is 573. The van der Waals surface area contributed by atoms with Gasteiger partial charge in [0.25, 0.3) is 0 Å². The molecule has 0 spiro atoms. The lowest BCUT2D eigenvalue weighted by Gasteiger charge is -2.31. The van der Waals surface area contributed by atoms with Gasteiger partial charge in [-0.15, -0.1) is 0 Å². The summed E-state index contributed by atoms with van der Waals surface area (Å²) in [5.41, 5.74) is 7.33. The van der Waals surface area contributed by atoms with Gasteiger partial charge in [-0.05, 0) is 32.0 Å². The Labute approximate surface area is 127 Å². The summed E-state index contributed by atoms with van der Waals surface area (Å²) in [7, 11) is 1.18. The maximum absolute atomic E-state index is 12.1. The molecule has 1 aromatic rings. The van der Waals surface area contributed by atoms with E-state index in [9.17, 15) is 8.42 Å². The number of nitrogens with zero attached hydrogens (tertiary/aromatic N) is 2. The van der Waals surface area contributed by atoms with Crippen molar-refractivity contribution in [2.75, 3.05) is 45.0 Å². The van der Waals surface area contributed by atoms with E-state index in [1.165, 1.54) is 24.5 Å². The molecule has 0 saturated carbocycles. The van der Waals surface area contributed by atoms with Gasteiger partial charge in [0, 0.05) is 33.8 Å². The van der Waals surface area contributed by atoms with Gasteiger partial charge in [-0.1, -0.05) is 0 Å². The van der Waals surface area contributed by atoms with Gasteiger partial charge >= 0.3 is 0 Å². The summed E-state index contributed by atoms with van der Waals surface area (Å²) in [4.78, 5) is 2.29. The Kier molecular flexibility index (Phi) is 6.00. The molecule has 0 aliphatic rings. The zero-order valence-electron chi connectivity index (χ0n) is 13.3. The third kappa shape index (κ3) is 3.87. The summed E-state index contributed by atoms with van der Waals surface area (Å²) in [6.45, 7) is 5.40. The Morgan fingerprint density at radius 3 is 2.38 bits per heavy atom. The van der Waals surface area contributed by atoms with E-state index < -0.39 is 10.0 Å². The molecule has 6 nitrogen and oxygen atoms in total. The van der Waals surface area contributed by atoms with Crippen molar-refractivity contribution in [1.82, 2.24) is 4.31 Å². The van der Waals surface area contributed by atoms with E-state index in [1.807, 2.05) is 13.8 Å². The smallest absolute Gasteiger partial charge is 0.242 e. The molecule has 0 aliphatic carbocycles. The summed E-state index contributed by atoms with van der Waals surface area (Å²) >= 11 is 0. The molecule has 21 heavy (non-hydrogen) atoms. The Balaban J connectivity index is 3.19. The van der Waals surface area contributed by atoms with Gasteiger partial charge in [-0.2, -0.15) is 0 Å². The fourth-order valence-electron chi connectivity index (χ4n) is 2.22. The van der Waals surface area contributed by atoms with Crippen molar-refractivity contribution >= 4 is 21.4 Å². The highest BCUT2D eigenvalue weighted by Crippen LogP contribution is 2.28. The van der Waals surface area contributed by atoms with Crippen molar-refractivity contribution in [3.8, 4) is 0 Å². The lowest BCUT2D eigenvalue weighted by molar-refractivity contribution is 0.182. The van der Waals surface area contributed by atoms with Crippen LogP contribution in [0.1, 0.15) is 13.8 Å². The highest BCUT2D eigenvalue weighted by Gasteiger charge is 2.20. The fraction of sp³-hybridized carbons (Fsp3) is 0.571. The van der Waals surface area contributed by atoms with Gasteiger partial charge in [-0.25, -0.2) is 12.7 Å². The lowest BCUT2D eigenvalue weighted by Crippen LogP contribution is -2.36. The number of nitrogens with two attached hydrogens (primary N) is 1. The van der Waals surface area contributed by atoms with Crippen molar-refractivity contribution in [2.24, 2.45) is 0 Å². The van der Waals surface area contributed by atoms with Crippen LogP contribution in [0.2, 0.25) is 0 Å². The van der Waals surface area contributed by atoms with Gasteiger partial charge in [0.1, 0.15) is 0 Å². The van der Waals surface area contributed by atoms with E-state index in [-0.39, 0.29) is 10.9 Å². The first-order valence-electron chi connectivity index (χ1n) is 6.83. The van der Waals surface area contributed by atoms with Crippen molar-refractivity contribution < 1.29 is 13.2 Å². The van der Waals surface area contributed by atoms with Crippen LogP contribution in [0.5, 0.6) is 0 Å². The fourth-order valence-corrected chi connectivity index (χ4v) is 3.15. The molecular weight excluding hydrogens is 290 g/mol. The summed E-state index contributed by atoms with van der Waals surface area (Å²) in [5.74, 6) is 0. The minimum Gasteiger partial charge on any atom is -0.397 e. The number of nitrogen functional groups attached to an aromatic ring is 1. The second-order valence-corrected chi connectivity index (χ2v) is 7.25. The zero-order valence-corrected chi connectivity index (χ0v) is 14.1. The molecule has 2 N–H and O–H groups in total. The highest BCUT2D eigenvalue weighted by atomic mass is 32.2. The predicted molar refractivity (Wildman–Crippen MR) is 86.1 cm³/mol. The van der Waals surface area contributed by atoms with Crippen LogP contribution in [-0.4, -0.2) is 53.1 Å². The van der Waals surface area contributed by atoms with E-state index in [4.69, 9.17) is 10.5 Å². The third-order valence-electron chi connectivity index (χ3n) is 3.37. The number of benzene rings is 1. The Morgan fingerprint density at radius 1 is 1.33 bits per heavy atom. The molecule has 1 aromatic carbocycles. The second-order valence-electron chi connectivity index (χ2n) is 5.10. The van der Waals surface area contributed by atoms with E-state index in [2.05, 4.69) is 4.90 Å². The van der Waals surface area contributed by atoms with E-state index in [0.29, 0.717) is 12.3 Å². The van der Waals surface area contributed by atoms with Crippen LogP contribution in [0.3, 0.4) is 0 Å². The predicted octanol–water partition coefficient (Wildman–Crippen LogP) is 1.38. The molecule has 0 fully saturated rings. The lowest BCUT2D eigenvalue weighted by atomic mass is 10.2. The van der Waals surface area contributed by atoms with Gasteiger partial charge < -0.3 is 15.4 Å². The van der Waals surface area contributed by atoms with Crippen molar-refractivity contribution in [1.29, 1.82) is 0 Å². The number of hydrogen-bond donors (Lipinski definition) is 1. The molecule has 0 bridgehead atoms. The van der Waals surface area contributed by atoms with Crippen molar-refractivity contribution in [2.45, 2.75) is 24.8 Å². The molecule has 0 saturated heterocycles. The number of anilines is 2. The molecule has 0 aromatic heterocycles. The summed E-state index contributed by atoms with van der Waals surface area (Å²) in [6, 6.07) is 5.00. The molecule has 7 heteroatoms. The maximum Gasteiger partial charge on any atom is 0.242 e. The number of hydrogen-bond acceptors (Lipinski definition) is 5. The normalized spacial score (nSPS) is 13.4. The molecule has 0 amide bonds.